The highest BCUT2D eigenvalue weighted by atomic mass is 32.2. The molecule has 0 saturated heterocycles. The number of nitrogens with two attached hydrogens (primary N) is 1. The Morgan fingerprint density at radius 1 is 1.33 bits per heavy atom. The van der Waals surface area contributed by atoms with Gasteiger partial charge in [-0.25, -0.2) is 4.39 Å². The summed E-state index contributed by atoms with van der Waals surface area (Å²) in [5.74, 6) is -0.631. The first-order valence-corrected chi connectivity index (χ1v) is 7.15. The largest absolute Gasteiger partial charge is 0.326 e. The zero-order valence-corrected chi connectivity index (χ0v) is 11.3. The molecule has 0 spiro atoms. The molecule has 0 aliphatic rings. The minimum absolute atomic E-state index is 0.0703. The summed E-state index contributed by atoms with van der Waals surface area (Å²) in [5, 5.41) is 0. The third-order valence-electron chi connectivity index (χ3n) is 2.55. The highest BCUT2D eigenvalue weighted by molar-refractivity contribution is 7.90. The fraction of sp³-hybridized carbons (Fsp3) is 0.455. The summed E-state index contributed by atoms with van der Waals surface area (Å²) in [7, 11) is -3.71. The highest BCUT2D eigenvalue weighted by Crippen LogP contribution is 2.18. The van der Waals surface area contributed by atoms with Crippen LogP contribution in [0.5, 0.6) is 0 Å². The molecular formula is C11H18FN3O2S. The summed E-state index contributed by atoms with van der Waals surface area (Å²) in [4.78, 5) is 0. The van der Waals surface area contributed by atoms with E-state index in [0.29, 0.717) is 18.7 Å². The van der Waals surface area contributed by atoms with E-state index in [9.17, 15) is 12.8 Å². The Labute approximate surface area is 107 Å². The molecule has 0 unspecified atom stereocenters. The van der Waals surface area contributed by atoms with Gasteiger partial charge in [0.05, 0.1) is 5.69 Å². The van der Waals surface area contributed by atoms with Gasteiger partial charge in [0.2, 0.25) is 0 Å². The summed E-state index contributed by atoms with van der Waals surface area (Å²) in [6.45, 7) is 4.30. The third kappa shape index (κ3) is 3.41. The molecular weight excluding hydrogens is 257 g/mol. The van der Waals surface area contributed by atoms with E-state index in [-0.39, 0.29) is 12.2 Å². The van der Waals surface area contributed by atoms with E-state index in [0.717, 1.165) is 0 Å². The predicted molar refractivity (Wildman–Crippen MR) is 69.8 cm³/mol. The van der Waals surface area contributed by atoms with E-state index in [4.69, 9.17) is 5.73 Å². The van der Waals surface area contributed by atoms with Crippen LogP contribution in [-0.2, 0) is 16.8 Å². The topological polar surface area (TPSA) is 75.4 Å². The van der Waals surface area contributed by atoms with Crippen molar-refractivity contribution in [3.63, 3.8) is 0 Å². The Balaban J connectivity index is 2.97. The maximum absolute atomic E-state index is 13.6. The zero-order chi connectivity index (χ0) is 13.8. The van der Waals surface area contributed by atoms with E-state index >= 15 is 0 Å². The molecule has 3 N–H and O–H groups in total. The van der Waals surface area contributed by atoms with E-state index < -0.39 is 16.0 Å². The van der Waals surface area contributed by atoms with Crippen molar-refractivity contribution in [2.45, 2.75) is 20.4 Å². The summed E-state index contributed by atoms with van der Waals surface area (Å²) in [6.07, 6.45) is 0. The molecule has 0 bridgehead atoms. The van der Waals surface area contributed by atoms with Crippen LogP contribution in [0.3, 0.4) is 0 Å². The van der Waals surface area contributed by atoms with E-state index in [1.807, 2.05) is 0 Å². The summed E-state index contributed by atoms with van der Waals surface area (Å²) in [6, 6.07) is 4.18. The molecule has 0 radical (unpaired) electrons. The Hall–Kier alpha value is -1.18. The molecule has 0 aliphatic carbocycles. The number of anilines is 1. The van der Waals surface area contributed by atoms with Gasteiger partial charge in [-0.2, -0.15) is 12.7 Å². The van der Waals surface area contributed by atoms with Crippen molar-refractivity contribution in [2.24, 2.45) is 5.73 Å². The van der Waals surface area contributed by atoms with Crippen molar-refractivity contribution in [2.75, 3.05) is 17.8 Å². The fourth-order valence-corrected chi connectivity index (χ4v) is 2.79. The molecule has 1 aromatic carbocycles. The second-order valence-corrected chi connectivity index (χ2v) is 5.38. The maximum atomic E-state index is 13.6. The van der Waals surface area contributed by atoms with Crippen LogP contribution in [-0.4, -0.2) is 25.8 Å². The third-order valence-corrected chi connectivity index (χ3v) is 4.23. The van der Waals surface area contributed by atoms with Crippen LogP contribution in [0.25, 0.3) is 0 Å². The van der Waals surface area contributed by atoms with Gasteiger partial charge in [0.15, 0.2) is 0 Å². The molecule has 7 heteroatoms. The van der Waals surface area contributed by atoms with Gasteiger partial charge in [0, 0.05) is 19.6 Å². The van der Waals surface area contributed by atoms with Crippen molar-refractivity contribution in [1.82, 2.24) is 4.31 Å². The first-order chi connectivity index (χ1) is 8.44. The van der Waals surface area contributed by atoms with E-state index in [2.05, 4.69) is 4.72 Å². The second kappa shape index (κ2) is 6.12. The van der Waals surface area contributed by atoms with Crippen LogP contribution < -0.4 is 10.5 Å². The van der Waals surface area contributed by atoms with Gasteiger partial charge in [0.1, 0.15) is 5.82 Å². The predicted octanol–water partition coefficient (Wildman–Crippen LogP) is 1.28. The van der Waals surface area contributed by atoms with Crippen molar-refractivity contribution >= 4 is 15.9 Å². The molecule has 5 nitrogen and oxygen atoms in total. The van der Waals surface area contributed by atoms with Gasteiger partial charge in [0.25, 0.3) is 0 Å². The summed E-state index contributed by atoms with van der Waals surface area (Å²) >= 11 is 0. The smallest absolute Gasteiger partial charge is 0.301 e. The number of halogens is 1. The van der Waals surface area contributed by atoms with Gasteiger partial charge >= 0.3 is 10.2 Å². The second-order valence-electron chi connectivity index (χ2n) is 3.71. The van der Waals surface area contributed by atoms with Crippen LogP contribution in [0.15, 0.2) is 18.2 Å². The first kappa shape index (κ1) is 14.9. The van der Waals surface area contributed by atoms with Crippen LogP contribution in [0.4, 0.5) is 10.1 Å². The average molecular weight is 275 g/mol. The molecule has 0 amide bonds. The lowest BCUT2D eigenvalue weighted by Gasteiger charge is -2.19. The van der Waals surface area contributed by atoms with Crippen LogP contribution in [0.1, 0.15) is 19.4 Å². The fourth-order valence-electron chi connectivity index (χ4n) is 1.54. The first-order valence-electron chi connectivity index (χ1n) is 5.71. The lowest BCUT2D eigenvalue weighted by Crippen LogP contribution is -2.35. The SMILES string of the molecule is CCN(CC)S(=O)(=O)Nc1ccc(CN)cc1F. The molecule has 1 aromatic rings. The minimum Gasteiger partial charge on any atom is -0.326 e. The van der Waals surface area contributed by atoms with Crippen molar-refractivity contribution < 1.29 is 12.8 Å². The molecule has 0 atom stereocenters. The van der Waals surface area contributed by atoms with Gasteiger partial charge < -0.3 is 5.73 Å². The standard InChI is InChI=1S/C11H18FN3O2S/c1-3-15(4-2)18(16,17)14-11-6-5-9(8-13)7-10(11)12/h5-7,14H,3-4,8,13H2,1-2H3. The summed E-state index contributed by atoms with van der Waals surface area (Å²) in [5.41, 5.74) is 5.91. The number of nitrogens with one attached hydrogen (secondary N) is 1. The highest BCUT2D eigenvalue weighted by Gasteiger charge is 2.19. The van der Waals surface area contributed by atoms with E-state index in [1.54, 1.807) is 19.9 Å². The molecule has 0 fully saturated rings. The van der Waals surface area contributed by atoms with Gasteiger partial charge in [-0.1, -0.05) is 19.9 Å². The Bertz CT molecular complexity index is 501. The number of benzene rings is 1. The minimum atomic E-state index is -3.71. The van der Waals surface area contributed by atoms with Crippen LogP contribution >= 0.6 is 0 Å². The zero-order valence-electron chi connectivity index (χ0n) is 10.5. The number of nitrogens with zero attached hydrogens (tertiary/aromatic N) is 1. The van der Waals surface area contributed by atoms with Crippen LogP contribution in [0.2, 0.25) is 0 Å². The Morgan fingerprint density at radius 3 is 2.39 bits per heavy atom. The Morgan fingerprint density at radius 2 is 1.94 bits per heavy atom. The molecule has 0 aromatic heterocycles. The van der Waals surface area contributed by atoms with Crippen molar-refractivity contribution in [1.29, 1.82) is 0 Å². The van der Waals surface area contributed by atoms with E-state index in [1.165, 1.54) is 16.4 Å². The number of hydrogen-bond acceptors (Lipinski definition) is 3. The number of rotatable bonds is 6. The molecule has 0 saturated carbocycles. The molecule has 1 rings (SSSR count). The van der Waals surface area contributed by atoms with Gasteiger partial charge in [-0.15, -0.1) is 0 Å². The molecule has 0 heterocycles. The van der Waals surface area contributed by atoms with Crippen molar-refractivity contribution in [3.05, 3.63) is 29.6 Å². The number of hydrogen-bond donors (Lipinski definition) is 2. The quantitative estimate of drug-likeness (QED) is 0.821. The van der Waals surface area contributed by atoms with Crippen LogP contribution in [0, 0.1) is 5.82 Å². The molecule has 0 aliphatic heterocycles. The van der Waals surface area contributed by atoms with Crippen molar-refractivity contribution in [3.8, 4) is 0 Å². The maximum Gasteiger partial charge on any atom is 0.301 e. The normalized spacial score (nSPS) is 11.8. The average Bonchev–Trinajstić information content (AvgIpc) is 2.32. The van der Waals surface area contributed by atoms with Gasteiger partial charge in [-0.05, 0) is 17.7 Å². The lowest BCUT2D eigenvalue weighted by atomic mass is 10.2. The van der Waals surface area contributed by atoms with Gasteiger partial charge in [-0.3, -0.25) is 4.72 Å². The monoisotopic (exact) mass is 275 g/mol. The summed E-state index contributed by atoms with van der Waals surface area (Å²) < 4.78 is 40.9. The molecule has 102 valence electrons. The molecule has 18 heavy (non-hydrogen) atoms. The Kier molecular flexibility index (Phi) is 5.06. The lowest BCUT2D eigenvalue weighted by molar-refractivity contribution is 0.449.